The van der Waals surface area contributed by atoms with Crippen LogP contribution in [0.2, 0.25) is 0 Å². The maximum atomic E-state index is 11.8. The molecule has 0 aromatic carbocycles. The van der Waals surface area contributed by atoms with Crippen molar-refractivity contribution in [3.63, 3.8) is 0 Å². The lowest BCUT2D eigenvalue weighted by atomic mass is 9.90. The number of aliphatic hydroxyl groups is 1. The molecule has 0 aromatic heterocycles. The number of alkyl carbamates (subject to hydrolysis) is 1. The lowest BCUT2D eigenvalue weighted by Gasteiger charge is -2.32. The predicted octanol–water partition coefficient (Wildman–Crippen LogP) is 2.18. The zero-order chi connectivity index (χ0) is 15.5. The highest BCUT2D eigenvalue weighted by Crippen LogP contribution is 2.44. The van der Waals surface area contributed by atoms with Crippen molar-refractivity contribution >= 4 is 6.09 Å². The molecule has 0 aliphatic heterocycles. The number of aliphatic hydroxyl groups excluding tert-OH is 1. The van der Waals surface area contributed by atoms with E-state index in [0.29, 0.717) is 6.04 Å². The van der Waals surface area contributed by atoms with Crippen molar-refractivity contribution in [1.29, 1.82) is 0 Å². The molecule has 5 nitrogen and oxygen atoms in total. The van der Waals surface area contributed by atoms with Gasteiger partial charge in [-0.15, -0.1) is 0 Å². The summed E-state index contributed by atoms with van der Waals surface area (Å²) >= 11 is 0. The fourth-order valence-electron chi connectivity index (χ4n) is 2.91. The van der Waals surface area contributed by atoms with Crippen LogP contribution in [0.4, 0.5) is 4.79 Å². The maximum absolute atomic E-state index is 11.8. The molecule has 0 spiro atoms. The van der Waals surface area contributed by atoms with Gasteiger partial charge in [-0.3, -0.25) is 0 Å². The number of carbonyl (C=O) groups excluding carboxylic acids is 1. The van der Waals surface area contributed by atoms with Crippen LogP contribution < -0.4 is 10.6 Å². The number of ether oxygens (including phenoxy) is 1. The second-order valence-corrected chi connectivity index (χ2v) is 7.75. The molecule has 0 bridgehead atoms. The monoisotopic (exact) mass is 298 g/mol. The molecule has 2 unspecified atom stereocenters. The first-order valence-electron chi connectivity index (χ1n) is 8.16. The summed E-state index contributed by atoms with van der Waals surface area (Å²) in [6.07, 6.45) is 6.16. The average molecular weight is 298 g/mol. The van der Waals surface area contributed by atoms with Gasteiger partial charge in [-0.05, 0) is 59.3 Å². The van der Waals surface area contributed by atoms with E-state index < -0.39 is 5.60 Å². The van der Waals surface area contributed by atoms with Crippen molar-refractivity contribution in [1.82, 2.24) is 10.6 Å². The van der Waals surface area contributed by atoms with Crippen molar-refractivity contribution < 1.29 is 14.6 Å². The zero-order valence-electron chi connectivity index (χ0n) is 13.6. The Hall–Kier alpha value is -0.810. The third-order valence-electron chi connectivity index (χ3n) is 4.45. The molecule has 2 aliphatic rings. The quantitative estimate of drug-likeness (QED) is 0.727. The summed E-state index contributed by atoms with van der Waals surface area (Å²) < 4.78 is 5.31. The van der Waals surface area contributed by atoms with Crippen molar-refractivity contribution in [2.75, 3.05) is 13.2 Å². The largest absolute Gasteiger partial charge is 0.444 e. The Morgan fingerprint density at radius 1 is 1.29 bits per heavy atom. The Bertz CT molecular complexity index is 361. The normalized spacial score (nSPS) is 28.0. The molecule has 2 aliphatic carbocycles. The van der Waals surface area contributed by atoms with Crippen LogP contribution in [0.1, 0.15) is 59.3 Å². The Kier molecular flexibility index (Phi) is 5.15. The minimum absolute atomic E-state index is 0.144. The van der Waals surface area contributed by atoms with Crippen molar-refractivity contribution in [2.24, 2.45) is 5.41 Å². The molecule has 3 N–H and O–H groups in total. The summed E-state index contributed by atoms with van der Waals surface area (Å²) in [5.41, 5.74) is -0.304. The number of amides is 1. The van der Waals surface area contributed by atoms with Crippen LogP contribution in [-0.2, 0) is 4.74 Å². The summed E-state index contributed by atoms with van der Waals surface area (Å²) in [5, 5.41) is 15.9. The van der Waals surface area contributed by atoms with Crippen LogP contribution in [-0.4, -0.2) is 42.0 Å². The summed E-state index contributed by atoms with van der Waals surface area (Å²) in [7, 11) is 0. The van der Waals surface area contributed by atoms with Gasteiger partial charge in [-0.2, -0.15) is 0 Å². The van der Waals surface area contributed by atoms with Gasteiger partial charge in [0.15, 0.2) is 0 Å². The maximum Gasteiger partial charge on any atom is 0.407 e. The van der Waals surface area contributed by atoms with E-state index in [0.717, 1.165) is 45.1 Å². The molecular weight excluding hydrogens is 268 g/mol. The first-order chi connectivity index (χ1) is 9.82. The van der Waals surface area contributed by atoms with Crippen molar-refractivity contribution in [3.05, 3.63) is 0 Å². The number of nitrogens with one attached hydrogen (secondary N) is 2. The van der Waals surface area contributed by atoms with Crippen LogP contribution in [0.3, 0.4) is 0 Å². The minimum Gasteiger partial charge on any atom is -0.444 e. The van der Waals surface area contributed by atoms with Crippen LogP contribution in [0.5, 0.6) is 0 Å². The van der Waals surface area contributed by atoms with Crippen molar-refractivity contribution in [2.45, 2.75) is 77.0 Å². The lowest BCUT2D eigenvalue weighted by molar-refractivity contribution is 0.0488. The van der Waals surface area contributed by atoms with E-state index in [4.69, 9.17) is 4.74 Å². The van der Waals surface area contributed by atoms with Gasteiger partial charge in [0.25, 0.3) is 0 Å². The number of hydrogen-bond acceptors (Lipinski definition) is 4. The average Bonchev–Trinajstić information content (AvgIpc) is 3.15. The smallest absolute Gasteiger partial charge is 0.407 e. The summed E-state index contributed by atoms with van der Waals surface area (Å²) in [5.74, 6) is 0. The van der Waals surface area contributed by atoms with Crippen LogP contribution in [0, 0.1) is 5.41 Å². The van der Waals surface area contributed by atoms with E-state index in [2.05, 4.69) is 10.6 Å². The second kappa shape index (κ2) is 6.53. The van der Waals surface area contributed by atoms with Gasteiger partial charge in [-0.1, -0.05) is 0 Å². The highest BCUT2D eigenvalue weighted by molar-refractivity contribution is 5.68. The molecule has 1 amide bonds. The van der Waals surface area contributed by atoms with Crippen LogP contribution >= 0.6 is 0 Å². The number of carbonyl (C=O) groups is 1. The van der Waals surface area contributed by atoms with E-state index in [-0.39, 0.29) is 24.2 Å². The molecule has 2 rings (SSSR count). The standard InChI is InChI=1S/C16H30N2O3/c1-15(2,3)21-14(20)18-13-6-4-5-12(9-13)17-10-16(11-19)7-8-16/h12-13,17,19H,4-11H2,1-3H3,(H,18,20). The Morgan fingerprint density at radius 3 is 2.52 bits per heavy atom. The predicted molar refractivity (Wildman–Crippen MR) is 82.2 cm³/mol. The van der Waals surface area contributed by atoms with E-state index in [1.54, 1.807) is 0 Å². The van der Waals surface area contributed by atoms with Gasteiger partial charge >= 0.3 is 6.09 Å². The molecule has 2 fully saturated rings. The molecular formula is C16H30N2O3. The SMILES string of the molecule is CC(C)(C)OC(=O)NC1CCCC(NCC2(CO)CC2)C1. The van der Waals surface area contributed by atoms with Gasteiger partial charge < -0.3 is 20.5 Å². The number of rotatable bonds is 5. The second-order valence-electron chi connectivity index (χ2n) is 7.75. The molecule has 0 aromatic rings. The van der Waals surface area contributed by atoms with Gasteiger partial charge in [0.05, 0.1) is 0 Å². The van der Waals surface area contributed by atoms with Gasteiger partial charge in [-0.25, -0.2) is 4.79 Å². The third-order valence-corrected chi connectivity index (χ3v) is 4.45. The first kappa shape index (κ1) is 16.6. The van der Waals surface area contributed by atoms with Crippen LogP contribution in [0.15, 0.2) is 0 Å². The van der Waals surface area contributed by atoms with Gasteiger partial charge in [0.2, 0.25) is 0 Å². The summed E-state index contributed by atoms with van der Waals surface area (Å²) in [6, 6.07) is 0.623. The van der Waals surface area contributed by atoms with E-state index >= 15 is 0 Å². The van der Waals surface area contributed by atoms with E-state index in [1.165, 1.54) is 0 Å². The molecule has 21 heavy (non-hydrogen) atoms. The molecule has 122 valence electrons. The molecule has 2 saturated carbocycles. The van der Waals surface area contributed by atoms with Crippen molar-refractivity contribution in [3.8, 4) is 0 Å². The van der Waals surface area contributed by atoms with E-state index in [1.807, 2.05) is 20.8 Å². The fraction of sp³-hybridized carbons (Fsp3) is 0.938. The Morgan fingerprint density at radius 2 is 1.95 bits per heavy atom. The van der Waals surface area contributed by atoms with Gasteiger partial charge in [0, 0.05) is 30.7 Å². The molecule has 0 saturated heterocycles. The third kappa shape index (κ3) is 5.47. The van der Waals surface area contributed by atoms with E-state index in [9.17, 15) is 9.90 Å². The topological polar surface area (TPSA) is 70.6 Å². The highest BCUT2D eigenvalue weighted by Gasteiger charge is 2.42. The molecule has 5 heteroatoms. The summed E-state index contributed by atoms with van der Waals surface area (Å²) in [4.78, 5) is 11.8. The summed E-state index contributed by atoms with van der Waals surface area (Å²) in [6.45, 7) is 6.81. The Balaban J connectivity index is 1.71. The fourth-order valence-corrected chi connectivity index (χ4v) is 2.91. The first-order valence-corrected chi connectivity index (χ1v) is 8.16. The lowest BCUT2D eigenvalue weighted by Crippen LogP contribution is -2.46. The number of hydrogen-bond donors (Lipinski definition) is 3. The van der Waals surface area contributed by atoms with Crippen LogP contribution in [0.25, 0.3) is 0 Å². The molecule has 0 heterocycles. The Labute approximate surface area is 127 Å². The molecule has 0 radical (unpaired) electrons. The highest BCUT2D eigenvalue weighted by atomic mass is 16.6. The zero-order valence-corrected chi connectivity index (χ0v) is 13.6. The minimum atomic E-state index is -0.449. The van der Waals surface area contributed by atoms with Gasteiger partial charge in [0.1, 0.15) is 5.60 Å². The molecule has 2 atom stereocenters.